The molecule has 7 heteroatoms. The molecule has 4 rings (SSSR count). The molecule has 4 heterocycles. The number of hydrogen-bond donors (Lipinski definition) is 1. The SMILES string of the molecule is CC(C)CC(=O)NC[C@H]1[C@H]2CN(c3ncc(Cl)cn3)C[C@]23CC[C@H]1O3. The lowest BCUT2D eigenvalue weighted by Gasteiger charge is -2.29. The van der Waals surface area contributed by atoms with E-state index in [-0.39, 0.29) is 17.6 Å². The van der Waals surface area contributed by atoms with Crippen LogP contribution in [0.25, 0.3) is 0 Å². The van der Waals surface area contributed by atoms with Crippen molar-refractivity contribution in [2.45, 2.75) is 44.8 Å². The predicted octanol–water partition coefficient (Wildman–Crippen LogP) is 2.28. The van der Waals surface area contributed by atoms with Gasteiger partial charge in [0.05, 0.1) is 35.7 Å². The fourth-order valence-corrected chi connectivity index (χ4v) is 4.86. The summed E-state index contributed by atoms with van der Waals surface area (Å²) in [4.78, 5) is 22.9. The monoisotopic (exact) mass is 364 g/mol. The first-order valence-electron chi connectivity index (χ1n) is 9.14. The molecule has 1 N–H and O–H groups in total. The maximum absolute atomic E-state index is 12.0. The van der Waals surface area contributed by atoms with Crippen LogP contribution in [0, 0.1) is 17.8 Å². The molecule has 0 aliphatic carbocycles. The number of nitrogens with one attached hydrogen (secondary N) is 1. The Morgan fingerprint density at radius 3 is 2.96 bits per heavy atom. The Kier molecular flexibility index (Phi) is 4.36. The lowest BCUT2D eigenvalue weighted by molar-refractivity contribution is -0.122. The number of hydrogen-bond acceptors (Lipinski definition) is 5. The molecule has 3 fully saturated rings. The highest BCUT2D eigenvalue weighted by Gasteiger charge is 2.63. The average molecular weight is 365 g/mol. The fourth-order valence-electron chi connectivity index (χ4n) is 4.76. The molecule has 0 saturated carbocycles. The summed E-state index contributed by atoms with van der Waals surface area (Å²) in [7, 11) is 0. The minimum atomic E-state index is -0.0961. The van der Waals surface area contributed by atoms with Crippen molar-refractivity contribution in [3.05, 3.63) is 17.4 Å². The van der Waals surface area contributed by atoms with E-state index in [1.165, 1.54) is 0 Å². The quantitative estimate of drug-likeness (QED) is 0.868. The van der Waals surface area contributed by atoms with Crippen LogP contribution < -0.4 is 10.2 Å². The zero-order chi connectivity index (χ0) is 17.6. The van der Waals surface area contributed by atoms with Crippen LogP contribution in [-0.4, -0.2) is 47.2 Å². The molecule has 0 aromatic carbocycles. The van der Waals surface area contributed by atoms with Gasteiger partial charge in [0.1, 0.15) is 0 Å². The second kappa shape index (κ2) is 6.40. The van der Waals surface area contributed by atoms with Crippen molar-refractivity contribution < 1.29 is 9.53 Å². The van der Waals surface area contributed by atoms with Crippen molar-refractivity contribution in [1.82, 2.24) is 15.3 Å². The molecule has 25 heavy (non-hydrogen) atoms. The lowest BCUT2D eigenvalue weighted by Crippen LogP contribution is -2.42. The minimum absolute atomic E-state index is 0.0961. The van der Waals surface area contributed by atoms with Gasteiger partial charge in [0.15, 0.2) is 0 Å². The number of amides is 1. The highest BCUT2D eigenvalue weighted by Crippen LogP contribution is 2.54. The Balaban J connectivity index is 1.44. The standard InChI is InChI=1S/C18H25ClN4O2/c1-11(2)5-16(24)20-8-13-14-9-23(17-21-6-12(19)7-22-17)10-18(14)4-3-15(13)25-18/h6-7,11,13-15H,3-5,8-10H2,1-2H3,(H,20,24)/t13-,14+,15+,18+/m0/s1. The molecule has 3 aliphatic heterocycles. The maximum atomic E-state index is 12.0. The summed E-state index contributed by atoms with van der Waals surface area (Å²) in [5, 5.41) is 3.67. The maximum Gasteiger partial charge on any atom is 0.225 e. The molecule has 1 amide bonds. The number of carbonyl (C=O) groups excluding carboxylic acids is 1. The van der Waals surface area contributed by atoms with Crippen LogP contribution in [0.2, 0.25) is 5.02 Å². The fraction of sp³-hybridized carbons (Fsp3) is 0.722. The second-order valence-corrected chi connectivity index (χ2v) is 8.45. The van der Waals surface area contributed by atoms with E-state index in [1.807, 2.05) is 0 Å². The summed E-state index contributed by atoms with van der Waals surface area (Å²) in [5.74, 6) is 2.03. The van der Waals surface area contributed by atoms with Gasteiger partial charge in [-0.2, -0.15) is 0 Å². The molecule has 6 nitrogen and oxygen atoms in total. The van der Waals surface area contributed by atoms with Gasteiger partial charge < -0.3 is 15.0 Å². The van der Waals surface area contributed by atoms with Crippen molar-refractivity contribution in [2.24, 2.45) is 17.8 Å². The molecule has 136 valence electrons. The smallest absolute Gasteiger partial charge is 0.225 e. The summed E-state index contributed by atoms with van der Waals surface area (Å²) in [6.07, 6.45) is 6.30. The molecular weight excluding hydrogens is 340 g/mol. The van der Waals surface area contributed by atoms with Gasteiger partial charge in [-0.1, -0.05) is 25.4 Å². The van der Waals surface area contributed by atoms with Gasteiger partial charge in [0.2, 0.25) is 11.9 Å². The molecule has 0 unspecified atom stereocenters. The Morgan fingerprint density at radius 2 is 2.24 bits per heavy atom. The molecular formula is C18H25ClN4O2. The van der Waals surface area contributed by atoms with E-state index in [2.05, 4.69) is 34.0 Å². The van der Waals surface area contributed by atoms with Crippen molar-refractivity contribution in [3.8, 4) is 0 Å². The number of halogens is 1. The van der Waals surface area contributed by atoms with E-state index in [4.69, 9.17) is 16.3 Å². The third-order valence-electron chi connectivity index (χ3n) is 5.80. The van der Waals surface area contributed by atoms with Crippen LogP contribution in [0.3, 0.4) is 0 Å². The molecule has 3 aliphatic rings. The van der Waals surface area contributed by atoms with Gasteiger partial charge in [-0.3, -0.25) is 4.79 Å². The van der Waals surface area contributed by atoms with Gasteiger partial charge in [0.25, 0.3) is 0 Å². The number of rotatable bonds is 5. The number of anilines is 1. The van der Waals surface area contributed by atoms with Gasteiger partial charge in [0, 0.05) is 31.3 Å². The van der Waals surface area contributed by atoms with Crippen molar-refractivity contribution in [2.75, 3.05) is 24.5 Å². The van der Waals surface area contributed by atoms with Gasteiger partial charge >= 0.3 is 0 Å². The normalized spacial score (nSPS) is 33.1. The number of aromatic nitrogens is 2. The van der Waals surface area contributed by atoms with Crippen LogP contribution in [0.4, 0.5) is 5.95 Å². The third-order valence-corrected chi connectivity index (χ3v) is 6.00. The minimum Gasteiger partial charge on any atom is -0.369 e. The Morgan fingerprint density at radius 1 is 1.48 bits per heavy atom. The highest BCUT2D eigenvalue weighted by atomic mass is 35.5. The molecule has 3 saturated heterocycles. The Bertz CT molecular complexity index is 653. The summed E-state index contributed by atoms with van der Waals surface area (Å²) >= 11 is 5.90. The number of ether oxygens (including phenoxy) is 1. The van der Waals surface area contributed by atoms with E-state index in [0.717, 1.165) is 25.9 Å². The average Bonchev–Trinajstić information content (AvgIpc) is 3.21. The van der Waals surface area contributed by atoms with Crippen molar-refractivity contribution >= 4 is 23.5 Å². The molecule has 1 spiro atoms. The van der Waals surface area contributed by atoms with E-state index in [0.29, 0.717) is 41.7 Å². The second-order valence-electron chi connectivity index (χ2n) is 8.01. The summed E-state index contributed by atoms with van der Waals surface area (Å²) in [5.41, 5.74) is -0.0961. The number of fused-ring (bicyclic) bond motifs is 1. The molecule has 1 aromatic rings. The Hall–Kier alpha value is -1.40. The largest absolute Gasteiger partial charge is 0.369 e. The molecule has 4 atom stereocenters. The van der Waals surface area contributed by atoms with Crippen LogP contribution in [0.5, 0.6) is 0 Å². The van der Waals surface area contributed by atoms with E-state index < -0.39 is 0 Å². The zero-order valence-electron chi connectivity index (χ0n) is 14.7. The Labute approximate surface area is 153 Å². The van der Waals surface area contributed by atoms with Crippen molar-refractivity contribution in [3.63, 3.8) is 0 Å². The third kappa shape index (κ3) is 3.10. The van der Waals surface area contributed by atoms with E-state index >= 15 is 0 Å². The summed E-state index contributed by atoms with van der Waals surface area (Å²) < 4.78 is 6.41. The zero-order valence-corrected chi connectivity index (χ0v) is 15.5. The predicted molar refractivity (Wildman–Crippen MR) is 95.5 cm³/mol. The number of carbonyl (C=O) groups is 1. The molecule has 2 bridgehead atoms. The first kappa shape index (κ1) is 17.0. The van der Waals surface area contributed by atoms with E-state index in [1.54, 1.807) is 12.4 Å². The summed E-state index contributed by atoms with van der Waals surface area (Å²) in [6.45, 7) is 6.54. The van der Waals surface area contributed by atoms with Crippen molar-refractivity contribution in [1.29, 1.82) is 0 Å². The first-order valence-corrected chi connectivity index (χ1v) is 9.52. The number of nitrogens with zero attached hydrogens (tertiary/aromatic N) is 3. The highest BCUT2D eigenvalue weighted by molar-refractivity contribution is 6.30. The summed E-state index contributed by atoms with van der Waals surface area (Å²) in [6, 6.07) is 0. The van der Waals surface area contributed by atoms with E-state index in [9.17, 15) is 4.79 Å². The first-order chi connectivity index (χ1) is 12.0. The molecule has 0 radical (unpaired) electrons. The van der Waals surface area contributed by atoms with Crippen LogP contribution in [-0.2, 0) is 9.53 Å². The molecule has 1 aromatic heterocycles. The van der Waals surface area contributed by atoms with Crippen LogP contribution >= 0.6 is 11.6 Å². The van der Waals surface area contributed by atoms with Crippen LogP contribution in [0.15, 0.2) is 12.4 Å². The van der Waals surface area contributed by atoms with Gasteiger partial charge in [-0.05, 0) is 18.8 Å². The topological polar surface area (TPSA) is 67.4 Å². The van der Waals surface area contributed by atoms with Crippen LogP contribution in [0.1, 0.15) is 33.1 Å². The van der Waals surface area contributed by atoms with Gasteiger partial charge in [-0.15, -0.1) is 0 Å². The van der Waals surface area contributed by atoms with Gasteiger partial charge in [-0.25, -0.2) is 9.97 Å². The lowest BCUT2D eigenvalue weighted by atomic mass is 9.73.